The molecule has 0 bridgehead atoms. The van der Waals surface area contributed by atoms with E-state index in [1.807, 2.05) is 0 Å². The summed E-state index contributed by atoms with van der Waals surface area (Å²) < 4.78 is 30.2. The van der Waals surface area contributed by atoms with Crippen LogP contribution in [0.1, 0.15) is 10.4 Å². The molecule has 2 aromatic carbocycles. The number of nitrogens with zero attached hydrogens (tertiary/aromatic N) is 1. The van der Waals surface area contributed by atoms with Gasteiger partial charge in [0.15, 0.2) is 4.77 Å². The number of rotatable bonds is 6. The summed E-state index contributed by atoms with van der Waals surface area (Å²) in [5.41, 5.74) is 0.858. The van der Waals surface area contributed by atoms with Crippen molar-refractivity contribution in [2.24, 2.45) is 0 Å². The SMILES string of the molecule is C=CCn1c(=S)[nH]c2cc(C(=O)Nc3ccc(OC(F)F)cc3)ccc2c1=O. The Morgan fingerprint density at radius 1 is 1.29 bits per heavy atom. The molecular weight excluding hydrogens is 388 g/mol. The molecule has 0 saturated heterocycles. The lowest BCUT2D eigenvalue weighted by molar-refractivity contribution is -0.0498. The van der Waals surface area contributed by atoms with Crippen LogP contribution in [0.5, 0.6) is 5.75 Å². The Labute approximate surface area is 163 Å². The van der Waals surface area contributed by atoms with Crippen LogP contribution in [0.2, 0.25) is 0 Å². The van der Waals surface area contributed by atoms with Gasteiger partial charge in [-0.3, -0.25) is 14.2 Å². The number of anilines is 1. The van der Waals surface area contributed by atoms with Crippen LogP contribution in [0.25, 0.3) is 10.9 Å². The minimum atomic E-state index is -2.92. The Morgan fingerprint density at radius 2 is 2.00 bits per heavy atom. The third kappa shape index (κ3) is 4.15. The minimum absolute atomic E-state index is 0.0120. The molecule has 28 heavy (non-hydrogen) atoms. The van der Waals surface area contributed by atoms with Crippen molar-refractivity contribution in [2.45, 2.75) is 13.2 Å². The van der Waals surface area contributed by atoms with Gasteiger partial charge in [0.05, 0.1) is 10.9 Å². The molecule has 144 valence electrons. The molecule has 0 radical (unpaired) electrons. The summed E-state index contributed by atoms with van der Waals surface area (Å²) in [5.74, 6) is -0.443. The standard InChI is InChI=1S/C19H15F2N3O3S/c1-2-9-24-17(26)14-8-3-11(10-15(14)23-19(24)28)16(25)22-12-4-6-13(7-5-12)27-18(20)21/h2-8,10,18H,1,9H2,(H,22,25)(H,23,28). The average Bonchev–Trinajstić information content (AvgIpc) is 2.65. The number of amides is 1. The molecule has 1 amide bonds. The third-order valence-electron chi connectivity index (χ3n) is 3.89. The normalized spacial score (nSPS) is 10.8. The van der Waals surface area contributed by atoms with Gasteiger partial charge in [-0.2, -0.15) is 8.78 Å². The number of benzene rings is 2. The van der Waals surface area contributed by atoms with Gasteiger partial charge in [0.2, 0.25) is 0 Å². The fourth-order valence-electron chi connectivity index (χ4n) is 2.61. The molecule has 3 aromatic rings. The number of allylic oxidation sites excluding steroid dienone is 1. The van der Waals surface area contributed by atoms with Crippen molar-refractivity contribution in [1.29, 1.82) is 0 Å². The lowest BCUT2D eigenvalue weighted by Gasteiger charge is -2.09. The van der Waals surface area contributed by atoms with E-state index in [0.29, 0.717) is 22.2 Å². The predicted octanol–water partition coefficient (Wildman–Crippen LogP) is 4.10. The zero-order chi connectivity index (χ0) is 20.3. The van der Waals surface area contributed by atoms with Gasteiger partial charge in [0.1, 0.15) is 5.75 Å². The highest BCUT2D eigenvalue weighted by atomic mass is 32.1. The molecule has 2 N–H and O–H groups in total. The Morgan fingerprint density at radius 3 is 2.64 bits per heavy atom. The summed E-state index contributed by atoms with van der Waals surface area (Å²) in [7, 11) is 0. The summed E-state index contributed by atoms with van der Waals surface area (Å²) in [6.07, 6.45) is 1.57. The molecule has 0 saturated carbocycles. The highest BCUT2D eigenvalue weighted by Crippen LogP contribution is 2.19. The summed E-state index contributed by atoms with van der Waals surface area (Å²) in [4.78, 5) is 27.9. The molecule has 9 heteroatoms. The maximum Gasteiger partial charge on any atom is 0.387 e. The zero-order valence-electron chi connectivity index (χ0n) is 14.4. The fraction of sp³-hybridized carbons (Fsp3) is 0.105. The Bertz CT molecular complexity index is 1150. The number of ether oxygens (including phenoxy) is 1. The van der Waals surface area contributed by atoms with E-state index >= 15 is 0 Å². The van der Waals surface area contributed by atoms with Gasteiger partial charge in [0, 0.05) is 17.8 Å². The molecule has 0 aliphatic heterocycles. The number of hydrogen-bond donors (Lipinski definition) is 2. The number of H-pyrrole nitrogens is 1. The van der Waals surface area contributed by atoms with Crippen LogP contribution >= 0.6 is 12.2 Å². The molecule has 6 nitrogen and oxygen atoms in total. The first-order valence-corrected chi connectivity index (χ1v) is 8.54. The van der Waals surface area contributed by atoms with Gasteiger partial charge in [-0.1, -0.05) is 6.08 Å². The predicted molar refractivity (Wildman–Crippen MR) is 105 cm³/mol. The van der Waals surface area contributed by atoms with E-state index in [0.717, 1.165) is 0 Å². The van der Waals surface area contributed by atoms with Crippen LogP contribution in [-0.4, -0.2) is 22.1 Å². The molecule has 0 atom stereocenters. The highest BCUT2D eigenvalue weighted by molar-refractivity contribution is 7.71. The molecular formula is C19H15F2N3O3S. The second kappa shape index (κ2) is 8.13. The molecule has 3 rings (SSSR count). The van der Waals surface area contributed by atoms with Crippen molar-refractivity contribution in [1.82, 2.24) is 9.55 Å². The number of fused-ring (bicyclic) bond motifs is 1. The highest BCUT2D eigenvalue weighted by Gasteiger charge is 2.11. The molecule has 1 heterocycles. The lowest BCUT2D eigenvalue weighted by atomic mass is 10.1. The number of alkyl halides is 2. The first kappa shape index (κ1) is 19.4. The number of hydrogen-bond acceptors (Lipinski definition) is 4. The van der Waals surface area contributed by atoms with Crippen LogP contribution in [0.15, 0.2) is 59.9 Å². The van der Waals surface area contributed by atoms with E-state index in [1.54, 1.807) is 6.08 Å². The lowest BCUT2D eigenvalue weighted by Crippen LogP contribution is -2.22. The first-order chi connectivity index (χ1) is 13.4. The average molecular weight is 403 g/mol. The second-order valence-electron chi connectivity index (χ2n) is 5.75. The van der Waals surface area contributed by atoms with Gasteiger partial charge >= 0.3 is 6.61 Å². The van der Waals surface area contributed by atoms with Crippen molar-refractivity contribution in [3.63, 3.8) is 0 Å². The zero-order valence-corrected chi connectivity index (χ0v) is 15.3. The molecule has 0 unspecified atom stereocenters. The topological polar surface area (TPSA) is 76.1 Å². The summed E-state index contributed by atoms with van der Waals surface area (Å²) in [5, 5.41) is 3.04. The van der Waals surface area contributed by atoms with Crippen LogP contribution in [0.4, 0.5) is 14.5 Å². The number of aromatic amines is 1. The number of halogens is 2. The fourth-order valence-corrected chi connectivity index (χ4v) is 2.88. The summed E-state index contributed by atoms with van der Waals surface area (Å²) in [6, 6.07) is 10.1. The molecule has 0 aliphatic carbocycles. The molecule has 0 aliphatic rings. The Kier molecular flexibility index (Phi) is 5.65. The third-order valence-corrected chi connectivity index (χ3v) is 4.22. The maximum absolute atomic E-state index is 12.5. The number of carbonyl (C=O) groups is 1. The Balaban J connectivity index is 1.86. The van der Waals surface area contributed by atoms with E-state index < -0.39 is 12.5 Å². The number of aromatic nitrogens is 2. The van der Waals surface area contributed by atoms with Gasteiger partial charge in [0.25, 0.3) is 11.5 Å². The molecule has 1 aromatic heterocycles. The smallest absolute Gasteiger partial charge is 0.387 e. The number of nitrogens with one attached hydrogen (secondary N) is 2. The monoisotopic (exact) mass is 403 g/mol. The van der Waals surface area contributed by atoms with Gasteiger partial charge < -0.3 is 15.0 Å². The molecule has 0 fully saturated rings. The maximum atomic E-state index is 12.5. The Hall–Kier alpha value is -3.33. The van der Waals surface area contributed by atoms with Crippen molar-refractivity contribution in [2.75, 3.05) is 5.32 Å². The van der Waals surface area contributed by atoms with Crippen LogP contribution in [-0.2, 0) is 6.54 Å². The second-order valence-corrected chi connectivity index (χ2v) is 6.14. The summed E-state index contributed by atoms with van der Waals surface area (Å²) in [6.45, 7) is 0.955. The van der Waals surface area contributed by atoms with Gasteiger partial charge in [-0.25, -0.2) is 0 Å². The van der Waals surface area contributed by atoms with Crippen LogP contribution in [0.3, 0.4) is 0 Å². The quantitative estimate of drug-likeness (QED) is 0.480. The van der Waals surface area contributed by atoms with Crippen molar-refractivity contribution >= 4 is 34.7 Å². The first-order valence-electron chi connectivity index (χ1n) is 8.13. The van der Waals surface area contributed by atoms with Gasteiger partial charge in [-0.05, 0) is 54.7 Å². The van der Waals surface area contributed by atoms with Crippen molar-refractivity contribution in [3.05, 3.63) is 75.8 Å². The van der Waals surface area contributed by atoms with Crippen molar-refractivity contribution < 1.29 is 18.3 Å². The van der Waals surface area contributed by atoms with E-state index in [2.05, 4.69) is 21.6 Å². The van der Waals surface area contributed by atoms with E-state index in [-0.39, 0.29) is 22.6 Å². The van der Waals surface area contributed by atoms with Crippen molar-refractivity contribution in [3.8, 4) is 5.75 Å². The van der Waals surface area contributed by atoms with Crippen LogP contribution in [0, 0.1) is 4.77 Å². The van der Waals surface area contributed by atoms with E-state index in [1.165, 1.54) is 47.0 Å². The molecule has 0 spiro atoms. The van der Waals surface area contributed by atoms with E-state index in [9.17, 15) is 18.4 Å². The summed E-state index contributed by atoms with van der Waals surface area (Å²) >= 11 is 5.18. The number of carbonyl (C=O) groups excluding carboxylic acids is 1. The van der Waals surface area contributed by atoms with E-state index in [4.69, 9.17) is 12.2 Å². The van der Waals surface area contributed by atoms with Gasteiger partial charge in [-0.15, -0.1) is 6.58 Å². The minimum Gasteiger partial charge on any atom is -0.435 e. The van der Waals surface area contributed by atoms with Crippen LogP contribution < -0.4 is 15.6 Å². The largest absolute Gasteiger partial charge is 0.435 e.